The van der Waals surface area contributed by atoms with E-state index in [2.05, 4.69) is 4.72 Å². The molecule has 5 N–H and O–H groups in total. The molecule has 1 aromatic rings. The number of sulfonamides is 1. The molecule has 100 valence electrons. The number of primary amides is 1. The molecule has 0 saturated carbocycles. The SMILES string of the molecule is COc1ccc(S(=O)(=O)NCCN)cc1C(N)=O. The van der Waals surface area contributed by atoms with E-state index >= 15 is 0 Å². The zero-order chi connectivity index (χ0) is 13.8. The van der Waals surface area contributed by atoms with Crippen LogP contribution in [0, 0.1) is 0 Å². The zero-order valence-corrected chi connectivity index (χ0v) is 10.7. The summed E-state index contributed by atoms with van der Waals surface area (Å²) in [7, 11) is -2.33. The molecule has 0 saturated heterocycles. The predicted octanol–water partition coefficient (Wildman–Crippen LogP) is -0.969. The van der Waals surface area contributed by atoms with Crippen molar-refractivity contribution >= 4 is 15.9 Å². The molecular formula is C10H15N3O4S. The van der Waals surface area contributed by atoms with Gasteiger partial charge in [0.1, 0.15) is 5.75 Å². The summed E-state index contributed by atoms with van der Waals surface area (Å²) in [5.74, 6) is -0.539. The van der Waals surface area contributed by atoms with Crippen LogP contribution in [0.2, 0.25) is 0 Å². The summed E-state index contributed by atoms with van der Waals surface area (Å²) >= 11 is 0. The van der Waals surface area contributed by atoms with E-state index in [1.165, 1.54) is 25.3 Å². The largest absolute Gasteiger partial charge is 0.496 e. The highest BCUT2D eigenvalue weighted by atomic mass is 32.2. The molecule has 1 aromatic carbocycles. The first kappa shape index (κ1) is 14.4. The maximum absolute atomic E-state index is 11.8. The Bertz CT molecular complexity index is 542. The van der Waals surface area contributed by atoms with E-state index < -0.39 is 15.9 Å². The number of benzene rings is 1. The topological polar surface area (TPSA) is 125 Å². The molecule has 7 nitrogen and oxygen atoms in total. The third-order valence-corrected chi connectivity index (χ3v) is 3.64. The van der Waals surface area contributed by atoms with Gasteiger partial charge in [-0.3, -0.25) is 4.79 Å². The molecule has 0 aliphatic rings. The summed E-state index contributed by atoms with van der Waals surface area (Å²) in [6, 6.07) is 3.86. The molecule has 0 radical (unpaired) electrons. The summed E-state index contributed by atoms with van der Waals surface area (Å²) in [6.45, 7) is 0.290. The van der Waals surface area contributed by atoms with Crippen LogP contribution in [-0.4, -0.2) is 34.5 Å². The normalized spacial score (nSPS) is 11.2. The first-order valence-electron chi connectivity index (χ1n) is 5.10. The van der Waals surface area contributed by atoms with Crippen molar-refractivity contribution in [2.24, 2.45) is 11.5 Å². The Kier molecular flexibility index (Phi) is 4.65. The maximum atomic E-state index is 11.8. The standard InChI is InChI=1S/C10H15N3O4S/c1-17-9-3-2-7(6-8(9)10(12)14)18(15,16)13-5-4-11/h2-3,6,13H,4-5,11H2,1H3,(H2,12,14). The van der Waals surface area contributed by atoms with Crippen molar-refractivity contribution < 1.29 is 17.9 Å². The Balaban J connectivity index is 3.20. The average molecular weight is 273 g/mol. The van der Waals surface area contributed by atoms with Gasteiger partial charge >= 0.3 is 0 Å². The fraction of sp³-hybridized carbons (Fsp3) is 0.300. The van der Waals surface area contributed by atoms with Crippen LogP contribution < -0.4 is 20.9 Å². The van der Waals surface area contributed by atoms with Gasteiger partial charge in [0.2, 0.25) is 10.0 Å². The van der Waals surface area contributed by atoms with Gasteiger partial charge < -0.3 is 16.2 Å². The summed E-state index contributed by atoms with van der Waals surface area (Å²) in [5.41, 5.74) is 10.4. The van der Waals surface area contributed by atoms with Crippen LogP contribution in [0.3, 0.4) is 0 Å². The minimum absolute atomic E-state index is 0.00752. The molecule has 0 unspecified atom stereocenters. The van der Waals surface area contributed by atoms with E-state index in [9.17, 15) is 13.2 Å². The van der Waals surface area contributed by atoms with E-state index in [0.29, 0.717) is 0 Å². The third kappa shape index (κ3) is 3.19. The minimum Gasteiger partial charge on any atom is -0.496 e. The van der Waals surface area contributed by atoms with Crippen LogP contribution >= 0.6 is 0 Å². The second-order valence-electron chi connectivity index (χ2n) is 3.41. The molecule has 0 atom stereocenters. The summed E-state index contributed by atoms with van der Waals surface area (Å²) in [4.78, 5) is 11.1. The van der Waals surface area contributed by atoms with Gasteiger partial charge in [0, 0.05) is 13.1 Å². The Morgan fingerprint density at radius 3 is 2.61 bits per heavy atom. The minimum atomic E-state index is -3.70. The molecule has 18 heavy (non-hydrogen) atoms. The van der Waals surface area contributed by atoms with E-state index in [1.54, 1.807) is 0 Å². The van der Waals surface area contributed by atoms with Gasteiger partial charge in [0.25, 0.3) is 5.91 Å². The average Bonchev–Trinajstić information content (AvgIpc) is 2.35. The molecular weight excluding hydrogens is 258 g/mol. The Hall–Kier alpha value is -1.64. The summed E-state index contributed by atoms with van der Waals surface area (Å²) in [6.07, 6.45) is 0. The lowest BCUT2D eigenvalue weighted by atomic mass is 10.2. The van der Waals surface area contributed by atoms with Crippen molar-refractivity contribution in [2.75, 3.05) is 20.2 Å². The molecule has 1 rings (SSSR count). The van der Waals surface area contributed by atoms with Crippen molar-refractivity contribution in [2.45, 2.75) is 4.90 Å². The van der Waals surface area contributed by atoms with E-state index in [0.717, 1.165) is 0 Å². The number of methoxy groups -OCH3 is 1. The maximum Gasteiger partial charge on any atom is 0.252 e. The second kappa shape index (κ2) is 5.80. The Labute approximate surface area is 105 Å². The fourth-order valence-electron chi connectivity index (χ4n) is 1.32. The first-order valence-corrected chi connectivity index (χ1v) is 6.58. The lowest BCUT2D eigenvalue weighted by Gasteiger charge is -2.09. The van der Waals surface area contributed by atoms with Crippen molar-refractivity contribution in [1.82, 2.24) is 4.72 Å². The van der Waals surface area contributed by atoms with Gasteiger partial charge in [0.05, 0.1) is 17.6 Å². The predicted molar refractivity (Wildman–Crippen MR) is 65.8 cm³/mol. The fourth-order valence-corrected chi connectivity index (χ4v) is 2.40. The van der Waals surface area contributed by atoms with E-state index in [-0.39, 0.29) is 29.3 Å². The highest BCUT2D eigenvalue weighted by molar-refractivity contribution is 7.89. The third-order valence-electron chi connectivity index (χ3n) is 2.18. The van der Waals surface area contributed by atoms with E-state index in [4.69, 9.17) is 16.2 Å². The lowest BCUT2D eigenvalue weighted by Crippen LogP contribution is -2.29. The van der Waals surface area contributed by atoms with Crippen molar-refractivity contribution in [3.05, 3.63) is 23.8 Å². The number of hydrogen-bond donors (Lipinski definition) is 3. The summed E-state index contributed by atoms with van der Waals surface area (Å²) in [5, 5.41) is 0. The number of nitrogens with two attached hydrogens (primary N) is 2. The molecule has 0 heterocycles. The monoisotopic (exact) mass is 273 g/mol. The highest BCUT2D eigenvalue weighted by Crippen LogP contribution is 2.21. The quantitative estimate of drug-likeness (QED) is 0.615. The number of rotatable bonds is 6. The van der Waals surface area contributed by atoms with Crippen LogP contribution in [0.1, 0.15) is 10.4 Å². The molecule has 0 aliphatic carbocycles. The van der Waals surface area contributed by atoms with Gasteiger partial charge in [-0.2, -0.15) is 0 Å². The number of nitrogens with one attached hydrogen (secondary N) is 1. The summed E-state index contributed by atoms with van der Waals surface area (Å²) < 4.78 is 30.8. The zero-order valence-electron chi connectivity index (χ0n) is 9.84. The number of carbonyl (C=O) groups is 1. The Morgan fingerprint density at radius 1 is 1.44 bits per heavy atom. The smallest absolute Gasteiger partial charge is 0.252 e. The van der Waals surface area contributed by atoms with Crippen LogP contribution in [0.15, 0.2) is 23.1 Å². The van der Waals surface area contributed by atoms with Crippen molar-refractivity contribution in [3.8, 4) is 5.75 Å². The number of ether oxygens (including phenoxy) is 1. The van der Waals surface area contributed by atoms with Crippen LogP contribution in [0.25, 0.3) is 0 Å². The van der Waals surface area contributed by atoms with Crippen LogP contribution in [0.4, 0.5) is 0 Å². The van der Waals surface area contributed by atoms with Gasteiger partial charge in [-0.25, -0.2) is 13.1 Å². The number of carbonyl (C=O) groups excluding carboxylic acids is 1. The van der Waals surface area contributed by atoms with Gasteiger partial charge in [0.15, 0.2) is 0 Å². The van der Waals surface area contributed by atoms with Crippen molar-refractivity contribution in [3.63, 3.8) is 0 Å². The molecule has 1 amide bonds. The van der Waals surface area contributed by atoms with Crippen molar-refractivity contribution in [1.29, 1.82) is 0 Å². The van der Waals surface area contributed by atoms with Gasteiger partial charge in [-0.1, -0.05) is 0 Å². The number of hydrogen-bond acceptors (Lipinski definition) is 5. The molecule has 0 bridgehead atoms. The first-order chi connectivity index (χ1) is 8.42. The van der Waals surface area contributed by atoms with Gasteiger partial charge in [-0.05, 0) is 18.2 Å². The Morgan fingerprint density at radius 2 is 2.11 bits per heavy atom. The lowest BCUT2D eigenvalue weighted by molar-refractivity contribution is 0.0997. The number of amides is 1. The molecule has 0 fully saturated rings. The van der Waals surface area contributed by atoms with Crippen LogP contribution in [0.5, 0.6) is 5.75 Å². The highest BCUT2D eigenvalue weighted by Gasteiger charge is 2.17. The molecule has 0 aliphatic heterocycles. The second-order valence-corrected chi connectivity index (χ2v) is 5.18. The molecule has 8 heteroatoms. The molecule has 0 aromatic heterocycles. The van der Waals surface area contributed by atoms with Crippen LogP contribution in [-0.2, 0) is 10.0 Å². The molecule has 0 spiro atoms. The van der Waals surface area contributed by atoms with Gasteiger partial charge in [-0.15, -0.1) is 0 Å². The van der Waals surface area contributed by atoms with E-state index in [1.807, 2.05) is 0 Å².